The van der Waals surface area contributed by atoms with Crippen molar-refractivity contribution in [3.63, 3.8) is 0 Å². The van der Waals surface area contributed by atoms with Gasteiger partial charge in [0.1, 0.15) is 5.75 Å². The van der Waals surface area contributed by atoms with E-state index in [1.807, 2.05) is 30.5 Å². The maximum Gasteiger partial charge on any atom is 0.323 e. The van der Waals surface area contributed by atoms with Crippen LogP contribution in [0.15, 0.2) is 48.7 Å². The third-order valence-corrected chi connectivity index (χ3v) is 3.46. The molecule has 3 N–H and O–H groups in total. The summed E-state index contributed by atoms with van der Waals surface area (Å²) >= 11 is 5.94. The highest BCUT2D eigenvalue weighted by Gasteiger charge is 2.09. The Labute approximate surface area is 132 Å². The number of hydrogen-bond acceptors (Lipinski definition) is 2. The summed E-state index contributed by atoms with van der Waals surface area (Å²) in [6.07, 6.45) is 1.85. The van der Waals surface area contributed by atoms with Crippen LogP contribution in [0.1, 0.15) is 0 Å². The third-order valence-electron chi connectivity index (χ3n) is 3.22. The molecule has 0 aliphatic heterocycles. The highest BCUT2D eigenvalue weighted by Crippen LogP contribution is 2.28. The van der Waals surface area contributed by atoms with Gasteiger partial charge in [0.25, 0.3) is 0 Å². The minimum atomic E-state index is -0.365. The van der Waals surface area contributed by atoms with Crippen LogP contribution in [0.2, 0.25) is 5.02 Å². The van der Waals surface area contributed by atoms with Gasteiger partial charge in [-0.25, -0.2) is 4.79 Å². The normalized spacial score (nSPS) is 10.5. The molecule has 6 heteroatoms. The molecular formula is C16H14ClN3O2. The molecule has 2 aromatic carbocycles. The molecule has 1 aromatic heterocycles. The molecule has 0 aliphatic carbocycles. The Morgan fingerprint density at radius 1 is 1.14 bits per heavy atom. The number of nitrogens with one attached hydrogen (secondary N) is 3. The quantitative estimate of drug-likeness (QED) is 0.667. The van der Waals surface area contributed by atoms with E-state index in [1.54, 1.807) is 18.2 Å². The summed E-state index contributed by atoms with van der Waals surface area (Å²) in [6, 6.07) is 12.2. The van der Waals surface area contributed by atoms with E-state index in [-0.39, 0.29) is 6.03 Å². The summed E-state index contributed by atoms with van der Waals surface area (Å²) < 4.78 is 5.19. The van der Waals surface area contributed by atoms with Crippen molar-refractivity contribution in [2.24, 2.45) is 0 Å². The molecule has 0 saturated carbocycles. The Hall–Kier alpha value is -2.66. The molecule has 0 radical (unpaired) electrons. The lowest BCUT2D eigenvalue weighted by molar-refractivity contribution is 0.262. The number of aromatic nitrogens is 1. The summed E-state index contributed by atoms with van der Waals surface area (Å²) in [5.74, 6) is 0.542. The number of halogens is 1. The average Bonchev–Trinajstić information content (AvgIpc) is 2.95. The zero-order chi connectivity index (χ0) is 15.5. The van der Waals surface area contributed by atoms with Crippen molar-refractivity contribution in [3.05, 3.63) is 53.7 Å². The highest BCUT2D eigenvalue weighted by molar-refractivity contribution is 6.31. The van der Waals surface area contributed by atoms with E-state index in [0.29, 0.717) is 22.1 Å². The van der Waals surface area contributed by atoms with Gasteiger partial charge in [-0.3, -0.25) is 0 Å². The number of H-pyrrole nitrogens is 1. The zero-order valence-corrected chi connectivity index (χ0v) is 12.6. The summed E-state index contributed by atoms with van der Waals surface area (Å²) in [6.45, 7) is 0. The Bertz CT molecular complexity index is 829. The maximum atomic E-state index is 12.1. The fourth-order valence-corrected chi connectivity index (χ4v) is 2.37. The van der Waals surface area contributed by atoms with Gasteiger partial charge < -0.3 is 20.4 Å². The van der Waals surface area contributed by atoms with E-state index in [1.165, 1.54) is 7.11 Å². The van der Waals surface area contributed by atoms with Crippen LogP contribution in [0.3, 0.4) is 0 Å². The number of urea groups is 1. The lowest BCUT2D eigenvalue weighted by Crippen LogP contribution is -2.19. The maximum absolute atomic E-state index is 12.1. The van der Waals surface area contributed by atoms with E-state index >= 15 is 0 Å². The Morgan fingerprint density at radius 3 is 2.82 bits per heavy atom. The summed E-state index contributed by atoms with van der Waals surface area (Å²) in [5, 5.41) is 7.05. The van der Waals surface area contributed by atoms with E-state index in [4.69, 9.17) is 16.3 Å². The van der Waals surface area contributed by atoms with Gasteiger partial charge >= 0.3 is 6.03 Å². The molecule has 0 aliphatic rings. The Kier molecular flexibility index (Phi) is 3.89. The lowest BCUT2D eigenvalue weighted by Gasteiger charge is -2.11. The van der Waals surface area contributed by atoms with Crippen LogP contribution in [0.5, 0.6) is 5.75 Å². The van der Waals surface area contributed by atoms with Crippen LogP contribution < -0.4 is 15.4 Å². The van der Waals surface area contributed by atoms with Gasteiger partial charge in [-0.15, -0.1) is 0 Å². The number of carbonyl (C=O) groups is 1. The first kappa shape index (κ1) is 14.3. The number of rotatable bonds is 3. The number of aromatic amines is 1. The molecule has 0 bridgehead atoms. The molecule has 3 rings (SSSR count). The molecular weight excluding hydrogens is 302 g/mol. The molecule has 5 nitrogen and oxygen atoms in total. The molecule has 0 saturated heterocycles. The van der Waals surface area contributed by atoms with E-state index in [0.717, 1.165) is 10.9 Å². The van der Waals surface area contributed by atoms with Crippen LogP contribution in [0, 0.1) is 0 Å². The van der Waals surface area contributed by atoms with E-state index in [2.05, 4.69) is 15.6 Å². The van der Waals surface area contributed by atoms with Gasteiger partial charge in [-0.2, -0.15) is 0 Å². The first-order chi connectivity index (χ1) is 10.7. The van der Waals surface area contributed by atoms with Gasteiger partial charge in [0.15, 0.2) is 0 Å². The minimum absolute atomic E-state index is 0.365. The third kappa shape index (κ3) is 2.99. The van der Waals surface area contributed by atoms with Gasteiger partial charge in [0, 0.05) is 27.8 Å². The summed E-state index contributed by atoms with van der Waals surface area (Å²) in [4.78, 5) is 15.2. The molecule has 112 valence electrons. The van der Waals surface area contributed by atoms with Crippen LogP contribution in [-0.4, -0.2) is 18.1 Å². The predicted molar refractivity (Wildman–Crippen MR) is 88.9 cm³/mol. The summed E-state index contributed by atoms with van der Waals surface area (Å²) in [7, 11) is 1.53. The second kappa shape index (κ2) is 5.99. The number of amides is 2. The second-order valence-corrected chi connectivity index (χ2v) is 5.14. The molecule has 3 aromatic rings. The van der Waals surface area contributed by atoms with Crippen molar-refractivity contribution in [3.8, 4) is 5.75 Å². The number of hydrogen-bond donors (Lipinski definition) is 3. The number of methoxy groups -OCH3 is 1. The van der Waals surface area contributed by atoms with Gasteiger partial charge in [-0.1, -0.05) is 11.6 Å². The first-order valence-corrected chi connectivity index (χ1v) is 7.02. The number of ether oxygens (including phenoxy) is 1. The topological polar surface area (TPSA) is 66.2 Å². The van der Waals surface area contributed by atoms with Gasteiger partial charge in [0.2, 0.25) is 0 Å². The van der Waals surface area contributed by atoms with E-state index in [9.17, 15) is 4.79 Å². The smallest absolute Gasteiger partial charge is 0.323 e. The van der Waals surface area contributed by atoms with Crippen LogP contribution in [0.4, 0.5) is 16.2 Å². The number of benzene rings is 2. The summed E-state index contributed by atoms with van der Waals surface area (Å²) in [5.41, 5.74) is 2.23. The SMILES string of the molecule is COc1ccc(Cl)cc1NC(=O)Nc1ccc2[nH]ccc2c1. The van der Waals surface area contributed by atoms with Gasteiger partial charge in [-0.05, 0) is 42.5 Å². The zero-order valence-electron chi connectivity index (χ0n) is 11.8. The Morgan fingerprint density at radius 2 is 2.00 bits per heavy atom. The number of anilines is 2. The minimum Gasteiger partial charge on any atom is -0.495 e. The van der Waals surface area contributed by atoms with Crippen molar-refractivity contribution in [1.29, 1.82) is 0 Å². The van der Waals surface area contributed by atoms with E-state index < -0.39 is 0 Å². The Balaban J connectivity index is 1.76. The molecule has 2 amide bonds. The van der Waals surface area contributed by atoms with Crippen LogP contribution >= 0.6 is 11.6 Å². The predicted octanol–water partition coefficient (Wildman–Crippen LogP) is 4.47. The fourth-order valence-electron chi connectivity index (χ4n) is 2.19. The lowest BCUT2D eigenvalue weighted by atomic mass is 10.2. The molecule has 0 spiro atoms. The fraction of sp³-hybridized carbons (Fsp3) is 0.0625. The molecule has 0 unspecified atom stereocenters. The molecule has 0 atom stereocenters. The standard InChI is InChI=1S/C16H14ClN3O2/c1-22-15-5-2-11(17)9-14(15)20-16(21)19-12-3-4-13-10(8-12)6-7-18-13/h2-9,18H,1H3,(H2,19,20,21). The van der Waals surface area contributed by atoms with Crippen LogP contribution in [0.25, 0.3) is 10.9 Å². The van der Waals surface area contributed by atoms with Crippen molar-refractivity contribution in [2.45, 2.75) is 0 Å². The van der Waals surface area contributed by atoms with Crippen molar-refractivity contribution < 1.29 is 9.53 Å². The monoisotopic (exact) mass is 315 g/mol. The first-order valence-electron chi connectivity index (χ1n) is 6.64. The van der Waals surface area contributed by atoms with Crippen molar-refractivity contribution in [1.82, 2.24) is 4.98 Å². The highest BCUT2D eigenvalue weighted by atomic mass is 35.5. The van der Waals surface area contributed by atoms with Crippen molar-refractivity contribution in [2.75, 3.05) is 17.7 Å². The second-order valence-electron chi connectivity index (χ2n) is 4.70. The molecule has 1 heterocycles. The van der Waals surface area contributed by atoms with Crippen molar-refractivity contribution >= 4 is 39.9 Å². The molecule has 22 heavy (non-hydrogen) atoms. The van der Waals surface area contributed by atoms with Gasteiger partial charge in [0.05, 0.1) is 12.8 Å². The number of fused-ring (bicyclic) bond motifs is 1. The largest absolute Gasteiger partial charge is 0.495 e. The van der Waals surface area contributed by atoms with Crippen LogP contribution in [-0.2, 0) is 0 Å². The average molecular weight is 316 g/mol. The molecule has 0 fully saturated rings. The number of carbonyl (C=O) groups excluding carboxylic acids is 1.